The first-order valence-electron chi connectivity index (χ1n) is 9.23. The van der Waals surface area contributed by atoms with Gasteiger partial charge >= 0.3 is 0 Å². The second-order valence-corrected chi connectivity index (χ2v) is 7.62. The lowest BCUT2D eigenvalue weighted by Crippen LogP contribution is -2.26. The van der Waals surface area contributed by atoms with Crippen LogP contribution in [0.3, 0.4) is 0 Å². The second kappa shape index (κ2) is 8.75. The molecule has 0 fully saturated rings. The number of hydrogen-bond acceptors (Lipinski definition) is 4. The summed E-state index contributed by atoms with van der Waals surface area (Å²) in [6.45, 7) is 0.468. The zero-order chi connectivity index (χ0) is 20.1. The van der Waals surface area contributed by atoms with Crippen molar-refractivity contribution in [3.8, 4) is 5.69 Å². The maximum atomic E-state index is 13.1. The molecule has 0 aliphatic heterocycles. The zero-order valence-corrected chi connectivity index (χ0v) is 16.8. The Kier molecular flexibility index (Phi) is 5.72. The van der Waals surface area contributed by atoms with Gasteiger partial charge in [-0.15, -0.1) is 0 Å². The van der Waals surface area contributed by atoms with Gasteiger partial charge in [0.1, 0.15) is 5.03 Å². The Hall–Kier alpha value is -3.38. The average Bonchev–Trinajstić information content (AvgIpc) is 3.23. The molecule has 0 aliphatic rings. The SMILES string of the molecule is CN(Cc1cnn(-c2ccccc2)c1)C(=O)c1cccnc1Sc1ccccc1. The Morgan fingerprint density at radius 2 is 1.72 bits per heavy atom. The van der Waals surface area contributed by atoms with Crippen molar-refractivity contribution in [1.29, 1.82) is 0 Å². The minimum absolute atomic E-state index is 0.0657. The average molecular weight is 401 g/mol. The van der Waals surface area contributed by atoms with Gasteiger partial charge in [-0.3, -0.25) is 4.79 Å². The Bertz CT molecular complexity index is 1100. The lowest BCUT2D eigenvalue weighted by atomic mass is 10.2. The van der Waals surface area contributed by atoms with Crippen LogP contribution in [0.25, 0.3) is 5.69 Å². The Labute approximate surface area is 174 Å². The first-order chi connectivity index (χ1) is 14.2. The topological polar surface area (TPSA) is 51.0 Å². The highest BCUT2D eigenvalue weighted by Gasteiger charge is 2.18. The summed E-state index contributed by atoms with van der Waals surface area (Å²) >= 11 is 1.49. The Morgan fingerprint density at radius 3 is 2.48 bits per heavy atom. The first-order valence-corrected chi connectivity index (χ1v) is 10.0. The molecule has 0 spiro atoms. The summed E-state index contributed by atoms with van der Waals surface area (Å²) < 4.78 is 1.81. The van der Waals surface area contributed by atoms with Crippen molar-refractivity contribution >= 4 is 17.7 Å². The quantitative estimate of drug-likeness (QED) is 0.471. The number of nitrogens with zero attached hydrogens (tertiary/aromatic N) is 4. The molecule has 4 aromatic rings. The number of pyridine rings is 1. The fourth-order valence-corrected chi connectivity index (χ4v) is 3.85. The largest absolute Gasteiger partial charge is 0.337 e. The van der Waals surface area contributed by atoms with Crippen LogP contribution < -0.4 is 0 Å². The van der Waals surface area contributed by atoms with Crippen molar-refractivity contribution in [1.82, 2.24) is 19.7 Å². The summed E-state index contributed by atoms with van der Waals surface area (Å²) in [5, 5.41) is 5.11. The Balaban J connectivity index is 1.50. The van der Waals surface area contributed by atoms with Crippen molar-refractivity contribution in [2.45, 2.75) is 16.5 Å². The number of benzene rings is 2. The van der Waals surface area contributed by atoms with Crippen LogP contribution in [0, 0.1) is 0 Å². The highest BCUT2D eigenvalue weighted by molar-refractivity contribution is 7.99. The van der Waals surface area contributed by atoms with Crippen molar-refractivity contribution < 1.29 is 4.79 Å². The standard InChI is InChI=1S/C23H20N4OS/c1-26(16-18-15-25-27(17-18)19-9-4-2-5-10-19)23(28)21-13-8-14-24-22(21)29-20-11-6-3-7-12-20/h2-15,17H,16H2,1H3. The van der Waals surface area contributed by atoms with E-state index in [2.05, 4.69) is 10.1 Å². The summed E-state index contributed by atoms with van der Waals surface area (Å²) in [5.41, 5.74) is 2.55. The van der Waals surface area contributed by atoms with E-state index in [0.717, 1.165) is 16.1 Å². The molecule has 0 unspecified atom stereocenters. The van der Waals surface area contributed by atoms with Crippen molar-refractivity contribution in [3.05, 3.63) is 103 Å². The summed E-state index contributed by atoms with van der Waals surface area (Å²) in [5.74, 6) is -0.0657. The third-order valence-electron chi connectivity index (χ3n) is 4.38. The van der Waals surface area contributed by atoms with Crippen LogP contribution in [0.2, 0.25) is 0 Å². The van der Waals surface area contributed by atoms with Gasteiger partial charge in [0.05, 0.1) is 17.4 Å². The fourth-order valence-electron chi connectivity index (χ4n) is 2.95. The minimum Gasteiger partial charge on any atom is -0.337 e. The summed E-state index contributed by atoms with van der Waals surface area (Å²) in [6, 6.07) is 23.5. The minimum atomic E-state index is -0.0657. The predicted octanol–water partition coefficient (Wildman–Crippen LogP) is 4.69. The van der Waals surface area contributed by atoms with Gasteiger partial charge in [0.15, 0.2) is 0 Å². The lowest BCUT2D eigenvalue weighted by Gasteiger charge is -2.17. The van der Waals surface area contributed by atoms with Gasteiger partial charge in [0.25, 0.3) is 5.91 Å². The molecule has 2 aromatic heterocycles. The molecular formula is C23H20N4OS. The number of carbonyl (C=O) groups excluding carboxylic acids is 1. The van der Waals surface area contributed by atoms with E-state index in [1.54, 1.807) is 30.4 Å². The van der Waals surface area contributed by atoms with E-state index in [-0.39, 0.29) is 5.91 Å². The number of para-hydroxylation sites is 1. The molecule has 0 atom stereocenters. The second-order valence-electron chi connectivity index (χ2n) is 6.56. The third kappa shape index (κ3) is 4.55. The monoisotopic (exact) mass is 400 g/mol. The van der Waals surface area contributed by atoms with Gasteiger partial charge in [-0.2, -0.15) is 5.10 Å². The van der Waals surface area contributed by atoms with Gasteiger partial charge < -0.3 is 4.90 Å². The molecule has 6 heteroatoms. The molecule has 5 nitrogen and oxygen atoms in total. The van der Waals surface area contributed by atoms with Crippen molar-refractivity contribution in [2.24, 2.45) is 0 Å². The van der Waals surface area contributed by atoms with Crippen LogP contribution in [-0.2, 0) is 6.54 Å². The van der Waals surface area contributed by atoms with Crippen LogP contribution in [0.5, 0.6) is 0 Å². The molecular weight excluding hydrogens is 380 g/mol. The smallest absolute Gasteiger partial charge is 0.256 e. The molecule has 0 radical (unpaired) electrons. The molecule has 4 rings (SSSR count). The maximum Gasteiger partial charge on any atom is 0.256 e. The van der Waals surface area contributed by atoms with Crippen LogP contribution in [0.4, 0.5) is 0 Å². The Morgan fingerprint density at radius 1 is 1.00 bits per heavy atom. The number of hydrogen-bond donors (Lipinski definition) is 0. The normalized spacial score (nSPS) is 10.7. The number of rotatable bonds is 6. The highest BCUT2D eigenvalue weighted by Crippen LogP contribution is 2.29. The zero-order valence-electron chi connectivity index (χ0n) is 16.0. The molecule has 0 saturated heterocycles. The molecule has 0 saturated carbocycles. The summed E-state index contributed by atoms with van der Waals surface area (Å²) in [6.07, 6.45) is 5.45. The van der Waals surface area contributed by atoms with Gasteiger partial charge in [-0.1, -0.05) is 48.2 Å². The van der Waals surface area contributed by atoms with Crippen LogP contribution >= 0.6 is 11.8 Å². The van der Waals surface area contributed by atoms with E-state index >= 15 is 0 Å². The van der Waals surface area contributed by atoms with E-state index in [9.17, 15) is 4.79 Å². The molecule has 2 heterocycles. The molecule has 0 bridgehead atoms. The number of amides is 1. The van der Waals surface area contributed by atoms with Crippen LogP contribution in [0.1, 0.15) is 15.9 Å². The molecule has 144 valence electrons. The molecule has 1 amide bonds. The van der Waals surface area contributed by atoms with Crippen LogP contribution in [0.15, 0.2) is 101 Å². The first kappa shape index (κ1) is 19.0. The lowest BCUT2D eigenvalue weighted by molar-refractivity contribution is 0.0781. The van der Waals surface area contributed by atoms with Crippen LogP contribution in [-0.4, -0.2) is 32.6 Å². The number of carbonyl (C=O) groups is 1. The molecule has 29 heavy (non-hydrogen) atoms. The van der Waals surface area contributed by atoms with E-state index in [4.69, 9.17) is 0 Å². The van der Waals surface area contributed by atoms with Gasteiger partial charge in [-0.05, 0) is 36.4 Å². The van der Waals surface area contributed by atoms with E-state index < -0.39 is 0 Å². The van der Waals surface area contributed by atoms with Crippen molar-refractivity contribution in [3.63, 3.8) is 0 Å². The molecule has 2 aromatic carbocycles. The van der Waals surface area contributed by atoms with E-state index in [1.165, 1.54) is 11.8 Å². The third-order valence-corrected chi connectivity index (χ3v) is 5.41. The summed E-state index contributed by atoms with van der Waals surface area (Å²) in [7, 11) is 1.80. The predicted molar refractivity (Wildman–Crippen MR) is 114 cm³/mol. The van der Waals surface area contributed by atoms with E-state index in [1.807, 2.05) is 77.6 Å². The van der Waals surface area contributed by atoms with Gasteiger partial charge in [0.2, 0.25) is 0 Å². The van der Waals surface area contributed by atoms with Gasteiger partial charge in [-0.25, -0.2) is 9.67 Å². The van der Waals surface area contributed by atoms with Gasteiger partial charge in [0, 0.05) is 36.4 Å². The highest BCUT2D eigenvalue weighted by atomic mass is 32.2. The van der Waals surface area contributed by atoms with Crippen molar-refractivity contribution in [2.75, 3.05) is 7.05 Å². The molecule has 0 aliphatic carbocycles. The summed E-state index contributed by atoms with van der Waals surface area (Å²) in [4.78, 5) is 20.3. The number of aromatic nitrogens is 3. The molecule has 0 N–H and O–H groups in total. The van der Waals surface area contributed by atoms with E-state index in [0.29, 0.717) is 17.1 Å². The maximum absolute atomic E-state index is 13.1. The fraction of sp³-hybridized carbons (Fsp3) is 0.0870.